The first-order valence-electron chi connectivity index (χ1n) is 4.94. The van der Waals surface area contributed by atoms with Crippen molar-refractivity contribution in [3.63, 3.8) is 0 Å². The molecule has 1 unspecified atom stereocenters. The minimum absolute atomic E-state index is 0.0141. The number of allylic oxidation sites excluding steroid dienone is 2. The lowest BCUT2D eigenvalue weighted by Gasteiger charge is -2.29. The predicted molar refractivity (Wildman–Crippen MR) is 51.8 cm³/mol. The zero-order chi connectivity index (χ0) is 10.0. The minimum Gasteiger partial charge on any atom is -0.343 e. The number of rotatable bonds is 0. The average molecular weight is 194 g/mol. The summed E-state index contributed by atoms with van der Waals surface area (Å²) in [6, 6.07) is 0. The Balaban J connectivity index is 2.17. The predicted octanol–water partition coefficient (Wildman–Crippen LogP) is 1.59. The first-order chi connectivity index (χ1) is 6.70. The van der Waals surface area contributed by atoms with E-state index in [1.54, 1.807) is 12.2 Å². The summed E-state index contributed by atoms with van der Waals surface area (Å²) in [7, 11) is 0. The Bertz CT molecular complexity index is 275. The smallest absolute Gasteiger partial charge is 0.209 e. The van der Waals surface area contributed by atoms with E-state index in [1.807, 2.05) is 6.92 Å². The van der Waals surface area contributed by atoms with E-state index in [9.17, 15) is 4.79 Å². The van der Waals surface area contributed by atoms with Gasteiger partial charge in [-0.15, -0.1) is 0 Å². The summed E-state index contributed by atoms with van der Waals surface area (Å²) in [6.07, 6.45) is 8.54. The van der Waals surface area contributed by atoms with Crippen molar-refractivity contribution in [2.45, 2.75) is 31.7 Å². The van der Waals surface area contributed by atoms with E-state index in [0.29, 0.717) is 6.61 Å². The normalized spacial score (nSPS) is 30.6. The Morgan fingerprint density at radius 1 is 1.43 bits per heavy atom. The van der Waals surface area contributed by atoms with Gasteiger partial charge >= 0.3 is 0 Å². The second kappa shape index (κ2) is 3.67. The summed E-state index contributed by atoms with van der Waals surface area (Å²) < 4.78 is 11.3. The van der Waals surface area contributed by atoms with Crippen LogP contribution in [0.1, 0.15) is 19.8 Å². The molecule has 1 aliphatic heterocycles. The third kappa shape index (κ3) is 1.94. The molecule has 1 aliphatic carbocycles. The number of hydrogen-bond acceptors (Lipinski definition) is 3. The van der Waals surface area contributed by atoms with Crippen molar-refractivity contribution in [3.8, 4) is 0 Å². The van der Waals surface area contributed by atoms with E-state index in [2.05, 4.69) is 0 Å². The largest absolute Gasteiger partial charge is 0.343 e. The highest BCUT2D eigenvalue weighted by Gasteiger charge is 2.32. The van der Waals surface area contributed by atoms with Crippen LogP contribution in [0.5, 0.6) is 0 Å². The third-order valence-corrected chi connectivity index (χ3v) is 2.43. The fourth-order valence-corrected chi connectivity index (χ4v) is 1.69. The zero-order valence-corrected chi connectivity index (χ0v) is 8.23. The second-order valence-corrected chi connectivity index (χ2v) is 3.71. The molecule has 1 saturated heterocycles. The summed E-state index contributed by atoms with van der Waals surface area (Å²) in [6.45, 7) is 2.70. The molecule has 2 rings (SSSR count). The molecular formula is C11H14O3. The molecule has 0 aromatic heterocycles. The van der Waals surface area contributed by atoms with E-state index in [0.717, 1.165) is 12.8 Å². The number of carbonyl (C=O) groups is 1. The maximum atomic E-state index is 11.0. The fourth-order valence-electron chi connectivity index (χ4n) is 1.69. The van der Waals surface area contributed by atoms with Gasteiger partial charge in [-0.05, 0) is 44.1 Å². The van der Waals surface area contributed by atoms with Crippen LogP contribution < -0.4 is 0 Å². The molecule has 76 valence electrons. The maximum absolute atomic E-state index is 11.0. The van der Waals surface area contributed by atoms with Crippen LogP contribution in [-0.2, 0) is 14.3 Å². The van der Waals surface area contributed by atoms with Crippen LogP contribution in [0.15, 0.2) is 24.3 Å². The van der Waals surface area contributed by atoms with Gasteiger partial charge in [0.2, 0.25) is 5.79 Å². The minimum atomic E-state index is -0.788. The molecule has 0 radical (unpaired) electrons. The average Bonchev–Trinajstić information content (AvgIpc) is 2.34. The highest BCUT2D eigenvalue weighted by Crippen LogP contribution is 2.27. The SMILES string of the molecule is CC1CCCOC2(C=CC(=O)C=C2)O1. The van der Waals surface area contributed by atoms with Crippen molar-refractivity contribution in [2.75, 3.05) is 6.61 Å². The molecular weight excluding hydrogens is 180 g/mol. The van der Waals surface area contributed by atoms with Crippen LogP contribution in [0.3, 0.4) is 0 Å². The summed E-state index contributed by atoms with van der Waals surface area (Å²) in [5, 5.41) is 0. The van der Waals surface area contributed by atoms with E-state index >= 15 is 0 Å². The second-order valence-electron chi connectivity index (χ2n) is 3.71. The molecule has 0 amide bonds. The number of ketones is 1. The van der Waals surface area contributed by atoms with Crippen LogP contribution in [0.4, 0.5) is 0 Å². The topological polar surface area (TPSA) is 35.5 Å². The first kappa shape index (κ1) is 9.62. The molecule has 0 bridgehead atoms. The Morgan fingerprint density at radius 3 is 2.86 bits per heavy atom. The summed E-state index contributed by atoms with van der Waals surface area (Å²) in [5.41, 5.74) is 0. The molecule has 2 aliphatic rings. The van der Waals surface area contributed by atoms with E-state index < -0.39 is 5.79 Å². The summed E-state index contributed by atoms with van der Waals surface area (Å²) >= 11 is 0. The summed E-state index contributed by atoms with van der Waals surface area (Å²) in [4.78, 5) is 11.0. The van der Waals surface area contributed by atoms with Crippen molar-refractivity contribution in [1.82, 2.24) is 0 Å². The van der Waals surface area contributed by atoms with Crippen LogP contribution in [0, 0.1) is 0 Å². The van der Waals surface area contributed by atoms with Gasteiger partial charge in [0.25, 0.3) is 0 Å². The molecule has 1 spiro atoms. The quantitative estimate of drug-likeness (QED) is 0.587. The van der Waals surface area contributed by atoms with Gasteiger partial charge in [0, 0.05) is 0 Å². The molecule has 1 fully saturated rings. The number of ether oxygens (including phenoxy) is 2. The Labute approximate surface area is 83.4 Å². The van der Waals surface area contributed by atoms with Crippen molar-refractivity contribution in [2.24, 2.45) is 0 Å². The molecule has 0 aromatic rings. The molecule has 1 atom stereocenters. The molecule has 14 heavy (non-hydrogen) atoms. The zero-order valence-electron chi connectivity index (χ0n) is 8.23. The van der Waals surface area contributed by atoms with Crippen molar-refractivity contribution >= 4 is 5.78 Å². The molecule has 0 saturated carbocycles. The third-order valence-electron chi connectivity index (χ3n) is 2.43. The molecule has 3 nitrogen and oxygen atoms in total. The molecule has 1 heterocycles. The van der Waals surface area contributed by atoms with E-state index in [4.69, 9.17) is 9.47 Å². The van der Waals surface area contributed by atoms with Crippen LogP contribution in [0.25, 0.3) is 0 Å². The number of carbonyl (C=O) groups excluding carboxylic acids is 1. The lowest BCUT2D eigenvalue weighted by atomic mass is 10.1. The molecule has 0 aromatic carbocycles. The van der Waals surface area contributed by atoms with E-state index in [1.165, 1.54) is 12.2 Å². The van der Waals surface area contributed by atoms with Gasteiger partial charge in [-0.25, -0.2) is 0 Å². The van der Waals surface area contributed by atoms with Gasteiger partial charge in [-0.1, -0.05) is 0 Å². The Morgan fingerprint density at radius 2 is 2.14 bits per heavy atom. The maximum Gasteiger partial charge on any atom is 0.209 e. The lowest BCUT2D eigenvalue weighted by molar-refractivity contribution is -0.178. The van der Waals surface area contributed by atoms with Gasteiger partial charge in [0.15, 0.2) is 5.78 Å². The van der Waals surface area contributed by atoms with Gasteiger partial charge in [0.05, 0.1) is 12.7 Å². The number of hydrogen-bond donors (Lipinski definition) is 0. The molecule has 3 heteroatoms. The van der Waals surface area contributed by atoms with E-state index in [-0.39, 0.29) is 11.9 Å². The Kier molecular flexibility index (Phi) is 2.52. The Hall–Kier alpha value is -0.930. The van der Waals surface area contributed by atoms with Crippen molar-refractivity contribution in [3.05, 3.63) is 24.3 Å². The molecule has 0 N–H and O–H groups in total. The van der Waals surface area contributed by atoms with Gasteiger partial charge < -0.3 is 9.47 Å². The fraction of sp³-hybridized carbons (Fsp3) is 0.545. The standard InChI is InChI=1S/C11H14O3/c1-9-3-2-8-13-11(14-9)6-4-10(12)5-7-11/h4-7,9H,2-3,8H2,1H3. The summed E-state index contributed by atoms with van der Waals surface area (Å²) in [5.74, 6) is -0.802. The van der Waals surface area contributed by atoms with Gasteiger partial charge in [-0.2, -0.15) is 0 Å². The van der Waals surface area contributed by atoms with Crippen LogP contribution in [0.2, 0.25) is 0 Å². The van der Waals surface area contributed by atoms with Crippen LogP contribution >= 0.6 is 0 Å². The van der Waals surface area contributed by atoms with Gasteiger partial charge in [0.1, 0.15) is 0 Å². The monoisotopic (exact) mass is 194 g/mol. The van der Waals surface area contributed by atoms with Crippen molar-refractivity contribution < 1.29 is 14.3 Å². The lowest BCUT2D eigenvalue weighted by Crippen LogP contribution is -2.34. The first-order valence-corrected chi connectivity index (χ1v) is 4.94. The highest BCUT2D eigenvalue weighted by molar-refractivity contribution is 6.00. The highest BCUT2D eigenvalue weighted by atomic mass is 16.7. The van der Waals surface area contributed by atoms with Crippen LogP contribution in [-0.4, -0.2) is 24.3 Å². The van der Waals surface area contributed by atoms with Gasteiger partial charge in [-0.3, -0.25) is 4.79 Å². The van der Waals surface area contributed by atoms with Crippen molar-refractivity contribution in [1.29, 1.82) is 0 Å².